The maximum absolute atomic E-state index is 12.4. The lowest BCUT2D eigenvalue weighted by molar-refractivity contribution is 0.251. The van der Waals surface area contributed by atoms with Crippen molar-refractivity contribution in [2.24, 2.45) is 0 Å². The molecule has 0 unspecified atom stereocenters. The Morgan fingerprint density at radius 2 is 1.66 bits per heavy atom. The number of anilines is 1. The third kappa shape index (κ3) is 6.96. The van der Waals surface area contributed by atoms with Crippen LogP contribution >= 0.6 is 23.2 Å². The first-order valence-corrected chi connectivity index (χ1v) is 13.1. The third-order valence-corrected chi connectivity index (χ3v) is 6.81. The Morgan fingerprint density at radius 1 is 1.03 bits per heavy atom. The summed E-state index contributed by atoms with van der Waals surface area (Å²) >= 11 is 13.0. The molecular formula is C25H24Cl2N4O3S. The Morgan fingerprint density at radius 3 is 2.20 bits per heavy atom. The second-order valence-electron chi connectivity index (χ2n) is 8.23. The second-order valence-corrected chi connectivity index (χ2v) is 11.1. The summed E-state index contributed by atoms with van der Waals surface area (Å²) in [6.07, 6.45) is 1.14. The Balaban J connectivity index is 1.72. The van der Waals surface area contributed by atoms with Crippen LogP contribution in [0.1, 0.15) is 11.1 Å². The van der Waals surface area contributed by atoms with E-state index in [-0.39, 0.29) is 11.4 Å². The zero-order chi connectivity index (χ0) is 25.8. The molecule has 0 aliphatic heterocycles. The molecule has 0 heterocycles. The van der Waals surface area contributed by atoms with Gasteiger partial charge in [0, 0.05) is 30.6 Å². The highest BCUT2D eigenvalue weighted by atomic mass is 35.5. The van der Waals surface area contributed by atoms with Crippen LogP contribution in [-0.2, 0) is 22.9 Å². The first-order chi connectivity index (χ1) is 16.5. The number of hydrogen-bond acceptors (Lipinski definition) is 4. The number of rotatable bonds is 7. The standard InChI is InChI=1S/C25H24Cl2N4O3S/c1-28-23-11-17(7-8-18(23)15-31(2)3)24-21(26)12-19(13-22(24)27)30-25(32)29-14-16-5-9-20(10-6-16)35(4,33)34/h5-13H,14-15H2,2-4H3,(H2,29,30,32). The lowest BCUT2D eigenvalue weighted by Gasteiger charge is -2.15. The molecule has 2 N–H and O–H groups in total. The molecule has 0 saturated heterocycles. The van der Waals surface area contributed by atoms with Gasteiger partial charge < -0.3 is 15.5 Å². The fourth-order valence-corrected chi connectivity index (χ4v) is 4.77. The Kier molecular flexibility index (Phi) is 8.41. The van der Waals surface area contributed by atoms with Crippen LogP contribution in [0.3, 0.4) is 0 Å². The van der Waals surface area contributed by atoms with Gasteiger partial charge in [0.25, 0.3) is 0 Å². The number of hydrogen-bond donors (Lipinski definition) is 2. The summed E-state index contributed by atoms with van der Waals surface area (Å²) in [7, 11) is 0.597. The van der Waals surface area contributed by atoms with Gasteiger partial charge in [0.1, 0.15) is 0 Å². The van der Waals surface area contributed by atoms with E-state index in [2.05, 4.69) is 15.5 Å². The van der Waals surface area contributed by atoms with E-state index in [9.17, 15) is 13.2 Å². The van der Waals surface area contributed by atoms with Crippen LogP contribution < -0.4 is 10.6 Å². The number of amides is 2. The van der Waals surface area contributed by atoms with E-state index < -0.39 is 15.9 Å². The number of carbonyl (C=O) groups excluding carboxylic acids is 1. The van der Waals surface area contributed by atoms with E-state index in [0.717, 1.165) is 17.4 Å². The van der Waals surface area contributed by atoms with Crippen molar-refractivity contribution < 1.29 is 13.2 Å². The summed E-state index contributed by atoms with van der Waals surface area (Å²) < 4.78 is 23.1. The Bertz CT molecular complexity index is 1380. The zero-order valence-corrected chi connectivity index (χ0v) is 21.7. The molecule has 10 heteroatoms. The molecule has 0 fully saturated rings. The lowest BCUT2D eigenvalue weighted by Crippen LogP contribution is -2.28. The molecule has 0 aromatic heterocycles. The Hall–Kier alpha value is -3.09. The molecule has 3 aromatic carbocycles. The van der Waals surface area contributed by atoms with Crippen LogP contribution in [0, 0.1) is 6.57 Å². The van der Waals surface area contributed by atoms with E-state index in [1.165, 1.54) is 12.1 Å². The molecule has 0 aliphatic carbocycles. The molecule has 7 nitrogen and oxygen atoms in total. The summed E-state index contributed by atoms with van der Waals surface area (Å²) in [6.45, 7) is 8.35. The van der Waals surface area contributed by atoms with Crippen molar-refractivity contribution in [1.82, 2.24) is 10.2 Å². The van der Waals surface area contributed by atoms with Crippen LogP contribution in [0.5, 0.6) is 0 Å². The predicted molar refractivity (Wildman–Crippen MR) is 141 cm³/mol. The number of halogens is 2. The molecule has 2 amide bonds. The minimum atomic E-state index is -3.28. The predicted octanol–water partition coefficient (Wildman–Crippen LogP) is 6.00. The summed E-state index contributed by atoms with van der Waals surface area (Å²) in [5, 5.41) is 6.06. The lowest BCUT2D eigenvalue weighted by atomic mass is 10.0. The van der Waals surface area contributed by atoms with Crippen molar-refractivity contribution in [3.8, 4) is 11.1 Å². The number of nitrogens with one attached hydrogen (secondary N) is 2. The van der Waals surface area contributed by atoms with Crippen LogP contribution in [0.15, 0.2) is 59.5 Å². The fraction of sp³-hybridized carbons (Fsp3) is 0.200. The number of nitrogens with zero attached hydrogens (tertiary/aromatic N) is 2. The van der Waals surface area contributed by atoms with Crippen LogP contribution in [0.4, 0.5) is 16.2 Å². The molecule has 0 spiro atoms. The van der Waals surface area contributed by atoms with E-state index in [4.69, 9.17) is 29.8 Å². The summed E-state index contributed by atoms with van der Waals surface area (Å²) in [5.74, 6) is 0. The summed E-state index contributed by atoms with van der Waals surface area (Å²) in [6, 6.07) is 14.5. The SMILES string of the molecule is [C-]#[N+]c1cc(-c2c(Cl)cc(NC(=O)NCc3ccc(S(C)(=O)=O)cc3)cc2Cl)ccc1CN(C)C. The highest BCUT2D eigenvalue weighted by Gasteiger charge is 2.15. The number of carbonyl (C=O) groups is 1. The van der Waals surface area contributed by atoms with Crippen molar-refractivity contribution in [3.05, 3.63) is 87.2 Å². The van der Waals surface area contributed by atoms with E-state index in [0.29, 0.717) is 39.1 Å². The molecule has 35 heavy (non-hydrogen) atoms. The van der Waals surface area contributed by atoms with Gasteiger partial charge in [-0.25, -0.2) is 18.1 Å². The van der Waals surface area contributed by atoms with Crippen LogP contribution in [0.2, 0.25) is 10.0 Å². The molecule has 0 saturated carbocycles. The van der Waals surface area contributed by atoms with Gasteiger partial charge in [0.05, 0.1) is 21.5 Å². The normalized spacial score (nSPS) is 11.2. The van der Waals surface area contributed by atoms with Gasteiger partial charge in [-0.05, 0) is 61.1 Å². The molecule has 0 aliphatic rings. The molecule has 0 atom stereocenters. The maximum Gasteiger partial charge on any atom is 0.319 e. The van der Waals surface area contributed by atoms with Gasteiger partial charge >= 0.3 is 6.03 Å². The van der Waals surface area contributed by atoms with Gasteiger partial charge in [0.2, 0.25) is 0 Å². The van der Waals surface area contributed by atoms with Gasteiger partial charge in [-0.3, -0.25) is 0 Å². The van der Waals surface area contributed by atoms with E-state index >= 15 is 0 Å². The molecule has 0 radical (unpaired) electrons. The van der Waals surface area contributed by atoms with Gasteiger partial charge in [-0.1, -0.05) is 47.5 Å². The van der Waals surface area contributed by atoms with E-state index in [1.807, 2.05) is 31.1 Å². The van der Waals surface area contributed by atoms with Crippen molar-refractivity contribution in [2.75, 3.05) is 25.7 Å². The van der Waals surface area contributed by atoms with Crippen molar-refractivity contribution in [1.29, 1.82) is 0 Å². The number of urea groups is 1. The third-order valence-electron chi connectivity index (χ3n) is 5.09. The molecule has 3 aromatic rings. The average Bonchev–Trinajstić information content (AvgIpc) is 2.77. The zero-order valence-electron chi connectivity index (χ0n) is 19.4. The highest BCUT2D eigenvalue weighted by molar-refractivity contribution is 7.90. The van der Waals surface area contributed by atoms with Crippen LogP contribution in [0.25, 0.3) is 16.0 Å². The average molecular weight is 531 g/mol. The molecule has 3 rings (SSSR count). The largest absolute Gasteiger partial charge is 0.334 e. The minimum Gasteiger partial charge on any atom is -0.334 e. The van der Waals surface area contributed by atoms with Gasteiger partial charge in [-0.2, -0.15) is 0 Å². The fourth-order valence-electron chi connectivity index (χ4n) is 3.43. The maximum atomic E-state index is 12.4. The topological polar surface area (TPSA) is 82.9 Å². The van der Waals surface area contributed by atoms with Crippen LogP contribution in [-0.4, -0.2) is 39.7 Å². The van der Waals surface area contributed by atoms with E-state index in [1.54, 1.807) is 30.3 Å². The van der Waals surface area contributed by atoms with Gasteiger partial charge in [0.15, 0.2) is 15.5 Å². The van der Waals surface area contributed by atoms with Gasteiger partial charge in [-0.15, -0.1) is 0 Å². The van der Waals surface area contributed by atoms with Crippen molar-refractivity contribution in [3.63, 3.8) is 0 Å². The van der Waals surface area contributed by atoms with Crippen molar-refractivity contribution >= 4 is 50.4 Å². The number of benzene rings is 3. The monoisotopic (exact) mass is 530 g/mol. The number of sulfone groups is 1. The first-order valence-electron chi connectivity index (χ1n) is 10.5. The smallest absolute Gasteiger partial charge is 0.319 e. The summed E-state index contributed by atoms with van der Waals surface area (Å²) in [4.78, 5) is 18.2. The van der Waals surface area contributed by atoms with Crippen molar-refractivity contribution in [2.45, 2.75) is 18.0 Å². The highest BCUT2D eigenvalue weighted by Crippen LogP contribution is 2.39. The minimum absolute atomic E-state index is 0.203. The summed E-state index contributed by atoms with van der Waals surface area (Å²) in [5.41, 5.74) is 3.86. The molecule has 0 bridgehead atoms. The molecular weight excluding hydrogens is 507 g/mol. The first kappa shape index (κ1) is 26.5. The second kappa shape index (κ2) is 11.1. The Labute approximate surface area is 215 Å². The quantitative estimate of drug-likeness (QED) is 0.367. The molecule has 182 valence electrons.